The Bertz CT molecular complexity index is 475. The van der Waals surface area contributed by atoms with Gasteiger partial charge in [0.15, 0.2) is 5.65 Å². The average Bonchev–Trinajstić information content (AvgIpc) is 2.68. The maximum atomic E-state index is 5.76. The van der Waals surface area contributed by atoms with E-state index < -0.39 is 0 Å². The summed E-state index contributed by atoms with van der Waals surface area (Å²) in [5.74, 6) is 1.29. The fourth-order valence-corrected chi connectivity index (χ4v) is 1.91. The molecule has 4 nitrogen and oxygen atoms in total. The fourth-order valence-electron chi connectivity index (χ4n) is 1.91. The highest BCUT2D eigenvalue weighted by atomic mass is 15.0. The molecule has 0 amide bonds. The van der Waals surface area contributed by atoms with Crippen molar-refractivity contribution in [2.45, 2.75) is 32.6 Å². The van der Waals surface area contributed by atoms with Gasteiger partial charge in [-0.3, -0.25) is 0 Å². The Labute approximate surface area is 95.3 Å². The normalized spacial score (nSPS) is 13.2. The summed E-state index contributed by atoms with van der Waals surface area (Å²) in [6.07, 6.45) is 2.18. The molecule has 1 unspecified atom stereocenters. The second kappa shape index (κ2) is 4.61. The van der Waals surface area contributed by atoms with Crippen LogP contribution in [0.2, 0.25) is 0 Å². The maximum absolute atomic E-state index is 5.76. The molecule has 0 radical (unpaired) electrons. The van der Waals surface area contributed by atoms with Gasteiger partial charge in [0.2, 0.25) is 0 Å². The smallest absolute Gasteiger partial charge is 0.177 e. The van der Waals surface area contributed by atoms with E-state index in [1.165, 1.54) is 0 Å². The molecule has 16 heavy (non-hydrogen) atoms. The Hall–Kier alpha value is -1.42. The van der Waals surface area contributed by atoms with E-state index >= 15 is 0 Å². The highest BCUT2D eigenvalue weighted by Crippen LogP contribution is 2.20. The summed E-state index contributed by atoms with van der Waals surface area (Å²) >= 11 is 0. The molecule has 3 N–H and O–H groups in total. The minimum absolute atomic E-state index is 0.319. The monoisotopic (exact) mass is 218 g/mol. The number of pyridine rings is 1. The minimum atomic E-state index is 0.319. The number of aromatic amines is 1. The van der Waals surface area contributed by atoms with Crippen molar-refractivity contribution in [2.24, 2.45) is 5.73 Å². The van der Waals surface area contributed by atoms with Crippen LogP contribution < -0.4 is 5.73 Å². The summed E-state index contributed by atoms with van der Waals surface area (Å²) in [4.78, 5) is 12.2. The number of H-pyrrole nitrogens is 1. The molecule has 86 valence electrons. The molecule has 2 heterocycles. The summed E-state index contributed by atoms with van der Waals surface area (Å²) in [7, 11) is 0. The first-order chi connectivity index (χ1) is 7.74. The summed E-state index contributed by atoms with van der Waals surface area (Å²) in [6.45, 7) is 4.76. The molecule has 0 spiro atoms. The van der Waals surface area contributed by atoms with Crippen molar-refractivity contribution in [3.05, 3.63) is 23.7 Å². The molecule has 0 bridgehead atoms. The SMILES string of the molecule is CCCC(CN)c1nc2nc(C)ccc2[nH]1. The van der Waals surface area contributed by atoms with Gasteiger partial charge in [0.25, 0.3) is 0 Å². The largest absolute Gasteiger partial charge is 0.340 e. The first kappa shape index (κ1) is 11.1. The van der Waals surface area contributed by atoms with Crippen LogP contribution in [-0.2, 0) is 0 Å². The highest BCUT2D eigenvalue weighted by molar-refractivity contribution is 5.70. The van der Waals surface area contributed by atoms with E-state index in [2.05, 4.69) is 21.9 Å². The molecule has 4 heteroatoms. The predicted molar refractivity (Wildman–Crippen MR) is 65.3 cm³/mol. The molecule has 0 aliphatic carbocycles. The third-order valence-electron chi connectivity index (χ3n) is 2.81. The van der Waals surface area contributed by atoms with E-state index in [1.54, 1.807) is 0 Å². The van der Waals surface area contributed by atoms with Crippen molar-refractivity contribution in [2.75, 3.05) is 6.54 Å². The second-order valence-corrected chi connectivity index (χ2v) is 4.17. The Morgan fingerprint density at radius 3 is 2.88 bits per heavy atom. The molecule has 2 aromatic rings. The average molecular weight is 218 g/mol. The van der Waals surface area contributed by atoms with Crippen LogP contribution in [0.4, 0.5) is 0 Å². The van der Waals surface area contributed by atoms with Crippen LogP contribution in [-0.4, -0.2) is 21.5 Å². The van der Waals surface area contributed by atoms with Crippen molar-refractivity contribution >= 4 is 11.2 Å². The van der Waals surface area contributed by atoms with Crippen LogP contribution >= 0.6 is 0 Å². The van der Waals surface area contributed by atoms with Gasteiger partial charge in [0, 0.05) is 18.2 Å². The molecule has 0 saturated carbocycles. The number of nitrogens with one attached hydrogen (secondary N) is 1. The number of nitrogens with zero attached hydrogens (tertiary/aromatic N) is 2. The number of imidazole rings is 1. The Morgan fingerprint density at radius 2 is 2.19 bits per heavy atom. The number of hydrogen-bond acceptors (Lipinski definition) is 3. The lowest BCUT2D eigenvalue weighted by molar-refractivity contribution is 0.596. The first-order valence-electron chi connectivity index (χ1n) is 5.78. The van der Waals surface area contributed by atoms with Crippen LogP contribution in [0.3, 0.4) is 0 Å². The van der Waals surface area contributed by atoms with Crippen molar-refractivity contribution in [1.82, 2.24) is 15.0 Å². The Morgan fingerprint density at radius 1 is 1.38 bits per heavy atom. The van der Waals surface area contributed by atoms with E-state index in [1.807, 2.05) is 19.1 Å². The van der Waals surface area contributed by atoms with Crippen molar-refractivity contribution < 1.29 is 0 Å². The van der Waals surface area contributed by atoms with Crippen molar-refractivity contribution in [3.8, 4) is 0 Å². The maximum Gasteiger partial charge on any atom is 0.177 e. The van der Waals surface area contributed by atoms with E-state index in [9.17, 15) is 0 Å². The number of nitrogens with two attached hydrogens (primary N) is 1. The van der Waals surface area contributed by atoms with Gasteiger partial charge in [-0.05, 0) is 25.5 Å². The zero-order valence-corrected chi connectivity index (χ0v) is 9.83. The van der Waals surface area contributed by atoms with Gasteiger partial charge in [-0.1, -0.05) is 13.3 Å². The molecular weight excluding hydrogens is 200 g/mol. The van der Waals surface area contributed by atoms with Gasteiger partial charge in [0.1, 0.15) is 5.82 Å². The highest BCUT2D eigenvalue weighted by Gasteiger charge is 2.13. The lowest BCUT2D eigenvalue weighted by Gasteiger charge is -2.09. The zero-order valence-electron chi connectivity index (χ0n) is 9.83. The zero-order chi connectivity index (χ0) is 11.5. The quantitative estimate of drug-likeness (QED) is 0.825. The van der Waals surface area contributed by atoms with Gasteiger partial charge < -0.3 is 10.7 Å². The van der Waals surface area contributed by atoms with Gasteiger partial charge >= 0.3 is 0 Å². The molecule has 2 aromatic heterocycles. The van der Waals surface area contributed by atoms with Gasteiger partial charge in [0.05, 0.1) is 5.52 Å². The predicted octanol–water partition coefficient (Wildman–Crippen LogP) is 2.11. The number of aryl methyl sites for hydroxylation is 1. The lowest BCUT2D eigenvalue weighted by Crippen LogP contribution is -2.13. The number of fused-ring (bicyclic) bond motifs is 1. The molecule has 0 fully saturated rings. The number of rotatable bonds is 4. The molecule has 0 saturated heterocycles. The van der Waals surface area contributed by atoms with Gasteiger partial charge in [-0.25, -0.2) is 9.97 Å². The standard InChI is InChI=1S/C12H18N4/c1-3-4-9(7-13)11-15-10-6-5-8(2)14-12(10)16-11/h5-6,9H,3-4,7,13H2,1-2H3,(H,14,15,16). The summed E-state index contributed by atoms with van der Waals surface area (Å²) in [6, 6.07) is 4.01. The first-order valence-corrected chi connectivity index (χ1v) is 5.78. The Balaban J connectivity index is 2.37. The fraction of sp³-hybridized carbons (Fsp3) is 0.500. The molecular formula is C12H18N4. The van der Waals surface area contributed by atoms with Crippen LogP contribution in [0, 0.1) is 6.92 Å². The Kier molecular flexibility index (Phi) is 3.19. The molecule has 0 aromatic carbocycles. The molecule has 2 rings (SSSR count). The molecule has 0 aliphatic heterocycles. The van der Waals surface area contributed by atoms with E-state index in [0.29, 0.717) is 12.5 Å². The minimum Gasteiger partial charge on any atom is -0.340 e. The van der Waals surface area contributed by atoms with Crippen LogP contribution in [0.15, 0.2) is 12.1 Å². The van der Waals surface area contributed by atoms with Gasteiger partial charge in [-0.2, -0.15) is 0 Å². The summed E-state index contributed by atoms with van der Waals surface area (Å²) < 4.78 is 0. The number of aromatic nitrogens is 3. The van der Waals surface area contributed by atoms with Crippen molar-refractivity contribution in [1.29, 1.82) is 0 Å². The topological polar surface area (TPSA) is 67.6 Å². The van der Waals surface area contributed by atoms with E-state index in [-0.39, 0.29) is 0 Å². The third-order valence-corrected chi connectivity index (χ3v) is 2.81. The number of hydrogen-bond donors (Lipinski definition) is 2. The molecule has 0 aliphatic rings. The summed E-state index contributed by atoms with van der Waals surface area (Å²) in [5, 5.41) is 0. The second-order valence-electron chi connectivity index (χ2n) is 4.17. The van der Waals surface area contributed by atoms with E-state index in [4.69, 9.17) is 5.73 Å². The lowest BCUT2D eigenvalue weighted by atomic mass is 10.0. The van der Waals surface area contributed by atoms with Crippen LogP contribution in [0.25, 0.3) is 11.2 Å². The van der Waals surface area contributed by atoms with Gasteiger partial charge in [-0.15, -0.1) is 0 Å². The third kappa shape index (κ3) is 2.07. The van der Waals surface area contributed by atoms with E-state index in [0.717, 1.165) is 35.5 Å². The molecule has 1 atom stereocenters. The van der Waals surface area contributed by atoms with Crippen molar-refractivity contribution in [3.63, 3.8) is 0 Å². The summed E-state index contributed by atoms with van der Waals surface area (Å²) in [5.41, 5.74) is 8.54. The van der Waals surface area contributed by atoms with Crippen LogP contribution in [0.5, 0.6) is 0 Å². The van der Waals surface area contributed by atoms with Crippen LogP contribution in [0.1, 0.15) is 37.2 Å².